The standard InChI is InChI=1S/C25H29FN7O7P/c1-4-25(26)19(34)17(12-38-41(36,32-14(2)22(35)37-3)40-16-8-6-5-7-9-16)39-23(25)33-13-28-18-20(29-15-10-11-15)30-24(27)31-21(18)33/h1,5-9,13-15,17,19,23,34H,10-12H2,2-3H3,(H,32,36)(H3,27,29,30,31)/t14-,17-,19-,23-,25-,41+/m1/s1. The average molecular weight is 590 g/mol. The summed E-state index contributed by atoms with van der Waals surface area (Å²) in [6.45, 7) is 0.746. The van der Waals surface area contributed by atoms with Crippen molar-refractivity contribution in [3.8, 4) is 18.1 Å². The topological polar surface area (TPSA) is 185 Å². The van der Waals surface area contributed by atoms with Gasteiger partial charge in [-0.15, -0.1) is 6.42 Å². The van der Waals surface area contributed by atoms with Crippen LogP contribution in [0.5, 0.6) is 5.75 Å². The lowest BCUT2D eigenvalue weighted by atomic mass is 9.97. The summed E-state index contributed by atoms with van der Waals surface area (Å²) in [5, 5.41) is 16.6. The largest absolute Gasteiger partial charge is 0.468 e. The number of aliphatic hydroxyl groups excluding tert-OH is 1. The Kier molecular flexibility index (Phi) is 7.87. The number of fused-ring (bicyclic) bond motifs is 1. The molecule has 14 nitrogen and oxygen atoms in total. The van der Waals surface area contributed by atoms with Crippen LogP contribution in [0.25, 0.3) is 11.2 Å². The summed E-state index contributed by atoms with van der Waals surface area (Å²) in [6, 6.07) is 7.15. The van der Waals surface area contributed by atoms with E-state index in [2.05, 4.69) is 30.1 Å². The monoisotopic (exact) mass is 589 g/mol. The number of halogens is 1. The summed E-state index contributed by atoms with van der Waals surface area (Å²) in [7, 11) is -3.15. The second kappa shape index (κ2) is 11.2. The number of benzene rings is 1. The normalized spacial score (nSPS) is 26.2. The Labute approximate surface area is 234 Å². The van der Waals surface area contributed by atoms with Crippen molar-refractivity contribution in [3.05, 3.63) is 36.7 Å². The van der Waals surface area contributed by atoms with E-state index in [-0.39, 0.29) is 23.4 Å². The molecule has 6 atom stereocenters. The minimum atomic E-state index is -4.31. The molecule has 16 heteroatoms. The van der Waals surface area contributed by atoms with Crippen LogP contribution in [-0.4, -0.2) is 74.3 Å². The number of nitrogens with one attached hydrogen (secondary N) is 2. The minimum Gasteiger partial charge on any atom is -0.468 e. The number of anilines is 2. The predicted octanol–water partition coefficient (Wildman–Crippen LogP) is 1.94. The fourth-order valence-corrected chi connectivity index (χ4v) is 5.79. The van der Waals surface area contributed by atoms with Gasteiger partial charge in [0, 0.05) is 6.04 Å². The van der Waals surface area contributed by atoms with Crippen molar-refractivity contribution in [1.29, 1.82) is 0 Å². The molecule has 2 aliphatic rings. The smallest absolute Gasteiger partial charge is 0.459 e. The van der Waals surface area contributed by atoms with Crippen LogP contribution >= 0.6 is 7.75 Å². The second-order valence-electron chi connectivity index (χ2n) is 9.63. The first-order valence-corrected chi connectivity index (χ1v) is 14.2. The first-order valence-electron chi connectivity index (χ1n) is 12.7. The number of imidazole rings is 1. The number of aromatic nitrogens is 4. The molecule has 0 amide bonds. The lowest BCUT2D eigenvalue weighted by Gasteiger charge is -2.24. The van der Waals surface area contributed by atoms with E-state index in [1.807, 2.05) is 5.92 Å². The molecule has 0 spiro atoms. The number of aliphatic hydroxyl groups is 1. The van der Waals surface area contributed by atoms with Crippen molar-refractivity contribution in [1.82, 2.24) is 24.6 Å². The Morgan fingerprint density at radius 3 is 2.78 bits per heavy atom. The van der Waals surface area contributed by atoms with Crippen LogP contribution < -0.4 is 20.7 Å². The number of carbonyl (C=O) groups excluding carboxylic acids is 1. The maximum absolute atomic E-state index is 16.2. The van der Waals surface area contributed by atoms with Crippen LogP contribution in [0.4, 0.5) is 16.2 Å². The molecule has 0 bridgehead atoms. The zero-order valence-corrected chi connectivity index (χ0v) is 23.0. The maximum Gasteiger partial charge on any atom is 0.459 e. The minimum absolute atomic E-state index is 0.0872. The van der Waals surface area contributed by atoms with Gasteiger partial charge in [-0.25, -0.2) is 13.9 Å². The number of esters is 1. The van der Waals surface area contributed by atoms with Crippen LogP contribution in [-0.2, 0) is 23.4 Å². The van der Waals surface area contributed by atoms with E-state index in [1.165, 1.54) is 30.0 Å². The Morgan fingerprint density at radius 2 is 2.12 bits per heavy atom. The van der Waals surface area contributed by atoms with Gasteiger partial charge in [0.05, 0.1) is 20.0 Å². The number of methoxy groups -OCH3 is 1. The average Bonchev–Trinajstić information content (AvgIpc) is 3.62. The van der Waals surface area contributed by atoms with Gasteiger partial charge in [0.15, 0.2) is 23.2 Å². The number of ether oxygens (including phenoxy) is 2. The molecule has 2 aromatic heterocycles. The number of carbonyl (C=O) groups is 1. The van der Waals surface area contributed by atoms with Crippen LogP contribution in [0.2, 0.25) is 0 Å². The number of nitrogens with zero attached hydrogens (tertiary/aromatic N) is 4. The highest BCUT2D eigenvalue weighted by Crippen LogP contribution is 2.48. The highest BCUT2D eigenvalue weighted by Gasteiger charge is 2.58. The molecule has 1 aromatic carbocycles. The van der Waals surface area contributed by atoms with Gasteiger partial charge in [-0.2, -0.15) is 15.1 Å². The van der Waals surface area contributed by atoms with Gasteiger partial charge in [-0.05, 0) is 31.9 Å². The van der Waals surface area contributed by atoms with Gasteiger partial charge >= 0.3 is 13.7 Å². The number of nitrogens with two attached hydrogens (primary N) is 1. The van der Waals surface area contributed by atoms with Crippen LogP contribution in [0.15, 0.2) is 36.7 Å². The lowest BCUT2D eigenvalue weighted by Crippen LogP contribution is -2.42. The molecule has 0 unspecified atom stereocenters. The Morgan fingerprint density at radius 1 is 1.39 bits per heavy atom. The second-order valence-corrected chi connectivity index (χ2v) is 11.3. The van der Waals surface area contributed by atoms with Crippen LogP contribution in [0, 0.1) is 12.3 Å². The number of alkyl halides is 1. The molecule has 3 aromatic rings. The van der Waals surface area contributed by atoms with E-state index >= 15 is 4.39 Å². The van der Waals surface area contributed by atoms with Gasteiger partial charge in [0.2, 0.25) is 11.6 Å². The first-order chi connectivity index (χ1) is 19.6. The van der Waals surface area contributed by atoms with E-state index in [4.69, 9.17) is 25.9 Å². The van der Waals surface area contributed by atoms with Crippen molar-refractivity contribution in [2.45, 2.75) is 56.0 Å². The van der Waals surface area contributed by atoms with Crippen LogP contribution in [0.3, 0.4) is 0 Å². The fraction of sp³-hybridized carbons (Fsp3) is 0.440. The van der Waals surface area contributed by atoms with Gasteiger partial charge in [0.25, 0.3) is 0 Å². The molecule has 1 aliphatic carbocycles. The predicted molar refractivity (Wildman–Crippen MR) is 144 cm³/mol. The third-order valence-electron chi connectivity index (χ3n) is 6.56. The molecule has 3 heterocycles. The lowest BCUT2D eigenvalue weighted by molar-refractivity contribution is -0.142. The van der Waals surface area contributed by atoms with E-state index in [0.717, 1.165) is 20.0 Å². The Balaban J connectivity index is 1.40. The number of terminal acetylenes is 1. The van der Waals surface area contributed by atoms with E-state index in [0.29, 0.717) is 11.3 Å². The number of rotatable bonds is 11. The molecular formula is C25H29FN7O7P. The van der Waals surface area contributed by atoms with E-state index in [9.17, 15) is 14.5 Å². The highest BCUT2D eigenvalue weighted by atomic mass is 31.2. The summed E-state index contributed by atoms with van der Waals surface area (Å²) in [5.41, 5.74) is 3.56. The molecule has 218 valence electrons. The third kappa shape index (κ3) is 5.83. The summed E-state index contributed by atoms with van der Waals surface area (Å²) >= 11 is 0. The first kappa shape index (κ1) is 28.7. The molecule has 0 radical (unpaired) electrons. The maximum atomic E-state index is 16.2. The van der Waals surface area contributed by atoms with E-state index in [1.54, 1.807) is 18.2 Å². The molecule has 41 heavy (non-hydrogen) atoms. The molecular weight excluding hydrogens is 560 g/mol. The highest BCUT2D eigenvalue weighted by molar-refractivity contribution is 7.52. The third-order valence-corrected chi connectivity index (χ3v) is 8.20. The molecule has 5 N–H and O–H groups in total. The van der Waals surface area contributed by atoms with Crippen molar-refractivity contribution >= 4 is 36.6 Å². The molecule has 5 rings (SSSR count). The summed E-state index contributed by atoms with van der Waals surface area (Å²) in [6.07, 6.45) is 3.75. The zero-order chi connectivity index (χ0) is 29.4. The number of hydrogen-bond donors (Lipinski definition) is 4. The van der Waals surface area contributed by atoms with Gasteiger partial charge in [-0.3, -0.25) is 13.9 Å². The van der Waals surface area contributed by atoms with Gasteiger partial charge < -0.3 is 30.2 Å². The van der Waals surface area contributed by atoms with Crippen molar-refractivity contribution in [2.24, 2.45) is 0 Å². The Hall–Kier alpha value is -3.80. The van der Waals surface area contributed by atoms with Crippen molar-refractivity contribution in [3.63, 3.8) is 0 Å². The fourth-order valence-electron chi connectivity index (χ4n) is 4.29. The van der Waals surface area contributed by atoms with E-state index < -0.39 is 50.5 Å². The summed E-state index contributed by atoms with van der Waals surface area (Å²) in [5.74, 6) is 1.69. The van der Waals surface area contributed by atoms with Crippen molar-refractivity contribution in [2.75, 3.05) is 24.8 Å². The van der Waals surface area contributed by atoms with Crippen molar-refractivity contribution < 1.29 is 37.4 Å². The Bertz CT molecular complexity index is 1520. The molecule has 1 aliphatic heterocycles. The number of hydrogen-bond acceptors (Lipinski definition) is 12. The molecule has 1 saturated heterocycles. The quantitative estimate of drug-likeness (QED) is 0.145. The zero-order valence-electron chi connectivity index (χ0n) is 22.1. The summed E-state index contributed by atoms with van der Waals surface area (Å²) in [4.78, 5) is 24.7. The number of para-hydroxylation sites is 1. The summed E-state index contributed by atoms with van der Waals surface area (Å²) < 4.78 is 52.7. The van der Waals surface area contributed by atoms with Crippen LogP contribution in [0.1, 0.15) is 26.0 Å². The SMILES string of the molecule is C#C[C@@]1(F)[C@H](O)[C@@H](CO[P@@](=O)(N[C@H](C)C(=O)OC)Oc2ccccc2)O[C@H]1n1cnc2c(NC3CC3)nc(N)nc21. The van der Waals surface area contributed by atoms with Gasteiger partial charge in [-0.1, -0.05) is 24.1 Å². The van der Waals surface area contributed by atoms with Gasteiger partial charge in [0.1, 0.15) is 24.0 Å². The molecule has 2 fully saturated rings. The molecule has 1 saturated carbocycles. The number of nitrogen functional groups attached to an aromatic ring is 1.